The second kappa shape index (κ2) is 5.77. The molecule has 0 aliphatic rings. The Bertz CT molecular complexity index is 978. The van der Waals surface area contributed by atoms with Crippen LogP contribution in [0.3, 0.4) is 0 Å². The Hall–Kier alpha value is -3.22. The monoisotopic (exact) mass is 331 g/mol. The van der Waals surface area contributed by atoms with E-state index in [2.05, 4.69) is 4.98 Å². The van der Waals surface area contributed by atoms with Gasteiger partial charge in [-0.3, -0.25) is 4.79 Å². The van der Waals surface area contributed by atoms with E-state index in [1.165, 1.54) is 24.3 Å². The van der Waals surface area contributed by atoms with Crippen molar-refractivity contribution >= 4 is 22.8 Å². The molecule has 0 radical (unpaired) electrons. The van der Waals surface area contributed by atoms with Gasteiger partial charge in [0.05, 0.1) is 17.7 Å². The summed E-state index contributed by atoms with van der Waals surface area (Å²) in [6, 6.07) is 7.15. The van der Waals surface area contributed by atoms with Crippen molar-refractivity contribution in [3.05, 3.63) is 59.2 Å². The van der Waals surface area contributed by atoms with E-state index in [4.69, 9.17) is 10.2 Å². The number of benzene rings is 2. The second-order valence-electron chi connectivity index (χ2n) is 5.24. The van der Waals surface area contributed by atoms with Gasteiger partial charge in [-0.2, -0.15) is 0 Å². The Morgan fingerprint density at radius 2 is 1.79 bits per heavy atom. The van der Waals surface area contributed by atoms with E-state index in [9.17, 15) is 18.4 Å². The molecule has 0 aliphatic carbocycles. The Labute approximate surface area is 134 Å². The largest absolute Gasteiger partial charge is 0.481 e. The van der Waals surface area contributed by atoms with Crippen LogP contribution in [-0.2, 0) is 11.2 Å². The van der Waals surface area contributed by atoms with Gasteiger partial charge in [0, 0.05) is 22.5 Å². The molecule has 7 heteroatoms. The van der Waals surface area contributed by atoms with Gasteiger partial charge in [-0.25, -0.2) is 13.6 Å². The van der Waals surface area contributed by atoms with Crippen LogP contribution in [0, 0.1) is 11.6 Å². The third-order valence-corrected chi connectivity index (χ3v) is 3.68. The number of aliphatic carboxylic acids is 1. The molecule has 3 N–H and O–H groups in total. The van der Waals surface area contributed by atoms with Crippen molar-refractivity contribution in [2.24, 2.45) is 0 Å². The first-order chi connectivity index (χ1) is 11.4. The molecular formula is C17H11F2NO4. The summed E-state index contributed by atoms with van der Waals surface area (Å²) in [5.74, 6) is -3.90. The Balaban J connectivity index is 2.30. The van der Waals surface area contributed by atoms with E-state index < -0.39 is 30.0 Å². The van der Waals surface area contributed by atoms with Gasteiger partial charge in [0.2, 0.25) is 0 Å². The highest BCUT2D eigenvalue weighted by atomic mass is 19.1. The van der Waals surface area contributed by atoms with Crippen molar-refractivity contribution in [1.29, 1.82) is 0 Å². The number of carbonyl (C=O) groups is 2. The zero-order chi connectivity index (χ0) is 17.4. The minimum absolute atomic E-state index is 0.0146. The van der Waals surface area contributed by atoms with Gasteiger partial charge in [-0.05, 0) is 35.9 Å². The molecule has 0 saturated heterocycles. The standard InChI is InChI=1S/C17H11F2NO4/c18-9-2-3-10(13(19)6-9)16-12(7-15(21)22)11-5-8(17(23)24)1-4-14(11)20-16/h1-6,20H,7H2,(H,21,22)(H,23,24). The lowest BCUT2D eigenvalue weighted by Gasteiger charge is -2.05. The molecule has 3 aromatic rings. The predicted molar refractivity (Wildman–Crippen MR) is 81.9 cm³/mol. The lowest BCUT2D eigenvalue weighted by atomic mass is 10.0. The summed E-state index contributed by atoms with van der Waals surface area (Å²) >= 11 is 0. The fraction of sp³-hybridized carbons (Fsp3) is 0.0588. The minimum atomic E-state index is -1.16. The summed E-state index contributed by atoms with van der Waals surface area (Å²) < 4.78 is 27.2. The Morgan fingerprint density at radius 1 is 1.04 bits per heavy atom. The van der Waals surface area contributed by atoms with Gasteiger partial charge >= 0.3 is 11.9 Å². The van der Waals surface area contributed by atoms with Gasteiger partial charge in [-0.1, -0.05) is 0 Å². The number of aromatic nitrogens is 1. The molecule has 0 unspecified atom stereocenters. The van der Waals surface area contributed by atoms with E-state index in [0.717, 1.165) is 6.07 Å². The molecule has 0 spiro atoms. The molecule has 1 heterocycles. The third kappa shape index (κ3) is 2.71. The lowest BCUT2D eigenvalue weighted by Crippen LogP contribution is -2.02. The molecule has 3 rings (SSSR count). The normalized spacial score (nSPS) is 10.9. The number of hydrogen-bond donors (Lipinski definition) is 3. The maximum absolute atomic E-state index is 14.1. The SMILES string of the molecule is O=C(O)Cc1c(-c2ccc(F)cc2F)[nH]c2ccc(C(=O)O)cc12. The number of hydrogen-bond acceptors (Lipinski definition) is 2. The zero-order valence-electron chi connectivity index (χ0n) is 12.1. The number of aromatic carboxylic acids is 1. The Morgan fingerprint density at radius 3 is 2.42 bits per heavy atom. The smallest absolute Gasteiger partial charge is 0.335 e. The average Bonchev–Trinajstić information content (AvgIpc) is 2.84. The van der Waals surface area contributed by atoms with Gasteiger partial charge < -0.3 is 15.2 Å². The summed E-state index contributed by atoms with van der Waals surface area (Å²) in [6.07, 6.45) is -0.435. The molecule has 122 valence electrons. The summed E-state index contributed by atoms with van der Waals surface area (Å²) in [5, 5.41) is 18.6. The van der Waals surface area contributed by atoms with Crippen LogP contribution in [-0.4, -0.2) is 27.1 Å². The highest BCUT2D eigenvalue weighted by Gasteiger charge is 2.19. The number of nitrogens with one attached hydrogen (secondary N) is 1. The van der Waals surface area contributed by atoms with E-state index in [1.807, 2.05) is 0 Å². The summed E-state index contributed by atoms with van der Waals surface area (Å²) in [4.78, 5) is 25.2. The number of H-pyrrole nitrogens is 1. The second-order valence-corrected chi connectivity index (χ2v) is 5.24. The average molecular weight is 331 g/mol. The van der Waals surface area contributed by atoms with E-state index in [0.29, 0.717) is 17.0 Å². The predicted octanol–water partition coefficient (Wildman–Crippen LogP) is 3.44. The highest BCUT2D eigenvalue weighted by Crippen LogP contribution is 2.33. The molecule has 5 nitrogen and oxygen atoms in total. The number of carboxylic acid groups (broad SMARTS) is 2. The summed E-state index contributed by atoms with van der Waals surface area (Å²) in [6.45, 7) is 0. The maximum atomic E-state index is 14.1. The number of halogens is 2. The molecule has 1 aromatic heterocycles. The molecular weight excluding hydrogens is 320 g/mol. The van der Waals surface area contributed by atoms with Gasteiger partial charge in [0.1, 0.15) is 11.6 Å². The molecule has 0 aliphatic heterocycles. The summed E-state index contributed by atoms with van der Waals surface area (Å²) in [5.41, 5.74) is 0.897. The van der Waals surface area contributed by atoms with Crippen molar-refractivity contribution < 1.29 is 28.6 Å². The van der Waals surface area contributed by atoms with Gasteiger partial charge in [0.15, 0.2) is 0 Å². The first kappa shape index (κ1) is 15.7. The van der Waals surface area contributed by atoms with Crippen molar-refractivity contribution in [3.8, 4) is 11.3 Å². The molecule has 0 saturated carbocycles. The van der Waals surface area contributed by atoms with Crippen LogP contribution >= 0.6 is 0 Å². The third-order valence-electron chi connectivity index (χ3n) is 3.68. The van der Waals surface area contributed by atoms with E-state index in [1.54, 1.807) is 0 Å². The zero-order valence-corrected chi connectivity index (χ0v) is 12.1. The summed E-state index contributed by atoms with van der Waals surface area (Å²) in [7, 11) is 0. The topological polar surface area (TPSA) is 90.4 Å². The quantitative estimate of drug-likeness (QED) is 0.683. The molecule has 2 aromatic carbocycles. The van der Waals surface area contributed by atoms with Crippen molar-refractivity contribution in [3.63, 3.8) is 0 Å². The van der Waals surface area contributed by atoms with Gasteiger partial charge in [0.25, 0.3) is 0 Å². The molecule has 0 amide bonds. The molecule has 0 atom stereocenters. The van der Waals surface area contributed by atoms with Gasteiger partial charge in [-0.15, -0.1) is 0 Å². The van der Waals surface area contributed by atoms with E-state index >= 15 is 0 Å². The van der Waals surface area contributed by atoms with E-state index in [-0.39, 0.29) is 22.4 Å². The van der Waals surface area contributed by atoms with Crippen LogP contribution < -0.4 is 0 Å². The first-order valence-corrected chi connectivity index (χ1v) is 6.92. The minimum Gasteiger partial charge on any atom is -0.481 e. The molecule has 24 heavy (non-hydrogen) atoms. The van der Waals surface area contributed by atoms with Crippen molar-refractivity contribution in [2.45, 2.75) is 6.42 Å². The first-order valence-electron chi connectivity index (χ1n) is 6.92. The number of rotatable bonds is 4. The van der Waals surface area contributed by atoms with Crippen LogP contribution in [0.15, 0.2) is 36.4 Å². The van der Waals surface area contributed by atoms with Crippen LogP contribution in [0.4, 0.5) is 8.78 Å². The fourth-order valence-corrected chi connectivity index (χ4v) is 2.64. The highest BCUT2D eigenvalue weighted by molar-refractivity contribution is 5.99. The van der Waals surface area contributed by atoms with Crippen molar-refractivity contribution in [1.82, 2.24) is 4.98 Å². The maximum Gasteiger partial charge on any atom is 0.335 e. The van der Waals surface area contributed by atoms with Crippen LogP contribution in [0.2, 0.25) is 0 Å². The van der Waals surface area contributed by atoms with Crippen LogP contribution in [0.25, 0.3) is 22.2 Å². The molecule has 0 bridgehead atoms. The number of fused-ring (bicyclic) bond motifs is 1. The molecule has 0 fully saturated rings. The number of aromatic amines is 1. The Kier molecular flexibility index (Phi) is 3.76. The van der Waals surface area contributed by atoms with Crippen LogP contribution in [0.1, 0.15) is 15.9 Å². The lowest BCUT2D eigenvalue weighted by molar-refractivity contribution is -0.136. The van der Waals surface area contributed by atoms with Crippen LogP contribution in [0.5, 0.6) is 0 Å². The fourth-order valence-electron chi connectivity index (χ4n) is 2.64. The number of carboxylic acids is 2. The van der Waals surface area contributed by atoms with Crippen molar-refractivity contribution in [2.75, 3.05) is 0 Å².